The molecule has 0 atom stereocenters. The molecule has 0 bridgehead atoms. The molecule has 23 heavy (non-hydrogen) atoms. The van der Waals surface area contributed by atoms with E-state index in [1.807, 2.05) is 0 Å². The van der Waals surface area contributed by atoms with Crippen molar-refractivity contribution in [1.82, 2.24) is 19.9 Å². The van der Waals surface area contributed by atoms with Crippen LogP contribution < -0.4 is 0 Å². The molecule has 1 saturated carbocycles. The Hall–Kier alpha value is -2.26. The number of rotatable bonds is 4. The predicted molar refractivity (Wildman–Crippen MR) is 89.9 cm³/mol. The predicted octanol–water partition coefficient (Wildman–Crippen LogP) is 3.01. The standard InChI is InChI=1S/C17H18N4OS/c1-2-10-21(13-6-4-3-5-7-13)17(22)15-12-23-16(20-15)14-11-18-8-9-19-14/h1,8-9,11-13H,3-7,10H2. The van der Waals surface area contributed by atoms with Crippen LogP contribution in [0.15, 0.2) is 24.0 Å². The molecule has 0 aromatic carbocycles. The fourth-order valence-corrected chi connectivity index (χ4v) is 3.66. The first-order chi connectivity index (χ1) is 11.3. The van der Waals surface area contributed by atoms with E-state index in [-0.39, 0.29) is 11.9 Å². The first-order valence-electron chi connectivity index (χ1n) is 7.76. The largest absolute Gasteiger partial charge is 0.323 e. The molecule has 2 heterocycles. The van der Waals surface area contributed by atoms with Gasteiger partial charge in [-0.1, -0.05) is 25.2 Å². The van der Waals surface area contributed by atoms with Gasteiger partial charge in [0.2, 0.25) is 0 Å². The van der Waals surface area contributed by atoms with Crippen LogP contribution in [0.2, 0.25) is 0 Å². The summed E-state index contributed by atoms with van der Waals surface area (Å²) < 4.78 is 0. The first-order valence-corrected chi connectivity index (χ1v) is 8.64. The van der Waals surface area contributed by atoms with Crippen molar-refractivity contribution in [2.45, 2.75) is 38.1 Å². The molecule has 0 unspecified atom stereocenters. The Morgan fingerprint density at radius 3 is 2.87 bits per heavy atom. The van der Waals surface area contributed by atoms with Gasteiger partial charge >= 0.3 is 0 Å². The number of terminal acetylenes is 1. The van der Waals surface area contributed by atoms with Crippen molar-refractivity contribution >= 4 is 17.2 Å². The highest BCUT2D eigenvalue weighted by Gasteiger charge is 2.27. The summed E-state index contributed by atoms with van der Waals surface area (Å²) in [4.78, 5) is 27.3. The molecule has 6 heteroatoms. The maximum atomic E-state index is 12.8. The lowest BCUT2D eigenvalue weighted by Gasteiger charge is -2.32. The number of carbonyl (C=O) groups is 1. The van der Waals surface area contributed by atoms with E-state index in [0.29, 0.717) is 22.9 Å². The molecule has 118 valence electrons. The van der Waals surface area contributed by atoms with Crippen LogP contribution in [0.25, 0.3) is 10.7 Å². The molecule has 0 aliphatic heterocycles. The lowest BCUT2D eigenvalue weighted by atomic mass is 9.94. The Morgan fingerprint density at radius 2 is 2.17 bits per heavy atom. The fourth-order valence-electron chi connectivity index (χ4n) is 2.90. The smallest absolute Gasteiger partial charge is 0.274 e. The van der Waals surface area contributed by atoms with Crippen molar-refractivity contribution in [2.75, 3.05) is 6.54 Å². The van der Waals surface area contributed by atoms with E-state index >= 15 is 0 Å². The summed E-state index contributed by atoms with van der Waals surface area (Å²) in [5, 5.41) is 2.48. The number of nitrogens with zero attached hydrogens (tertiary/aromatic N) is 4. The van der Waals surface area contributed by atoms with E-state index < -0.39 is 0 Å². The molecule has 5 nitrogen and oxygen atoms in total. The van der Waals surface area contributed by atoms with Crippen LogP contribution >= 0.6 is 11.3 Å². The highest BCUT2D eigenvalue weighted by atomic mass is 32.1. The molecule has 2 aromatic rings. The van der Waals surface area contributed by atoms with Crippen molar-refractivity contribution in [2.24, 2.45) is 0 Å². The van der Waals surface area contributed by atoms with E-state index in [4.69, 9.17) is 6.42 Å². The Bertz CT molecular complexity index is 701. The second-order valence-corrected chi connectivity index (χ2v) is 6.42. The number of thiazole rings is 1. The maximum absolute atomic E-state index is 12.8. The van der Waals surface area contributed by atoms with Crippen LogP contribution in [0, 0.1) is 12.3 Å². The minimum absolute atomic E-state index is 0.0822. The zero-order valence-electron chi connectivity index (χ0n) is 12.8. The van der Waals surface area contributed by atoms with Gasteiger partial charge in [-0.05, 0) is 12.8 Å². The molecule has 0 radical (unpaired) electrons. The van der Waals surface area contributed by atoms with E-state index in [1.165, 1.54) is 17.8 Å². The van der Waals surface area contributed by atoms with Crippen LogP contribution in [0.3, 0.4) is 0 Å². The Morgan fingerprint density at radius 1 is 1.35 bits per heavy atom. The van der Waals surface area contributed by atoms with E-state index in [2.05, 4.69) is 20.9 Å². The van der Waals surface area contributed by atoms with Crippen LogP contribution in [0.4, 0.5) is 0 Å². The minimum atomic E-state index is -0.0822. The van der Waals surface area contributed by atoms with E-state index in [0.717, 1.165) is 25.7 Å². The van der Waals surface area contributed by atoms with Crippen molar-refractivity contribution in [1.29, 1.82) is 0 Å². The Balaban J connectivity index is 1.80. The lowest BCUT2D eigenvalue weighted by molar-refractivity contribution is 0.0662. The van der Waals surface area contributed by atoms with Gasteiger partial charge in [0.1, 0.15) is 16.4 Å². The molecular weight excluding hydrogens is 308 g/mol. The quantitative estimate of drug-likeness (QED) is 0.810. The topological polar surface area (TPSA) is 59.0 Å². The van der Waals surface area contributed by atoms with Crippen molar-refractivity contribution in [3.8, 4) is 23.0 Å². The molecule has 1 aliphatic carbocycles. The van der Waals surface area contributed by atoms with Gasteiger partial charge in [0, 0.05) is 23.8 Å². The van der Waals surface area contributed by atoms with Crippen LogP contribution in [-0.4, -0.2) is 38.3 Å². The highest BCUT2D eigenvalue weighted by molar-refractivity contribution is 7.13. The van der Waals surface area contributed by atoms with Gasteiger partial charge in [0.15, 0.2) is 0 Å². The van der Waals surface area contributed by atoms with Crippen molar-refractivity contribution < 1.29 is 4.79 Å². The number of hydrogen-bond donors (Lipinski definition) is 0. The van der Waals surface area contributed by atoms with Crippen LogP contribution in [-0.2, 0) is 0 Å². The van der Waals surface area contributed by atoms with Gasteiger partial charge in [0.25, 0.3) is 5.91 Å². The third-order valence-electron chi connectivity index (χ3n) is 4.04. The molecular formula is C17H18N4OS. The van der Waals surface area contributed by atoms with E-state index in [9.17, 15) is 4.79 Å². The third-order valence-corrected chi connectivity index (χ3v) is 4.91. The van der Waals surface area contributed by atoms with Gasteiger partial charge in [-0.3, -0.25) is 14.8 Å². The lowest BCUT2D eigenvalue weighted by Crippen LogP contribution is -2.41. The zero-order chi connectivity index (χ0) is 16.1. The normalized spacial score (nSPS) is 15.1. The Labute approximate surface area is 139 Å². The molecule has 1 amide bonds. The molecule has 0 N–H and O–H groups in total. The Kier molecular flexibility index (Phi) is 4.99. The number of carbonyl (C=O) groups excluding carboxylic acids is 1. The fraction of sp³-hybridized carbons (Fsp3) is 0.412. The number of aromatic nitrogens is 3. The SMILES string of the molecule is C#CCN(C(=O)c1csc(-c2cnccn2)n1)C1CCCCC1. The van der Waals surface area contributed by atoms with Crippen molar-refractivity contribution in [3.63, 3.8) is 0 Å². The summed E-state index contributed by atoms with van der Waals surface area (Å²) in [5.41, 5.74) is 1.12. The van der Waals surface area contributed by atoms with Gasteiger partial charge in [-0.25, -0.2) is 4.98 Å². The number of hydrogen-bond acceptors (Lipinski definition) is 5. The zero-order valence-corrected chi connectivity index (χ0v) is 13.6. The molecule has 0 saturated heterocycles. The first kappa shape index (κ1) is 15.6. The maximum Gasteiger partial charge on any atom is 0.274 e. The molecule has 1 fully saturated rings. The summed E-state index contributed by atoms with van der Waals surface area (Å²) in [6.45, 7) is 0.335. The average Bonchev–Trinajstić information content (AvgIpc) is 3.11. The molecule has 1 aliphatic rings. The third kappa shape index (κ3) is 3.57. The van der Waals surface area contributed by atoms with Gasteiger partial charge in [-0.2, -0.15) is 0 Å². The van der Waals surface area contributed by atoms with Crippen LogP contribution in [0.5, 0.6) is 0 Å². The van der Waals surface area contributed by atoms with Gasteiger partial charge in [-0.15, -0.1) is 17.8 Å². The second kappa shape index (κ2) is 7.34. The summed E-state index contributed by atoms with van der Waals surface area (Å²) in [7, 11) is 0. The van der Waals surface area contributed by atoms with Gasteiger partial charge < -0.3 is 4.90 Å². The number of amides is 1. The monoisotopic (exact) mass is 326 g/mol. The summed E-state index contributed by atoms with van der Waals surface area (Å²) >= 11 is 1.40. The van der Waals surface area contributed by atoms with Gasteiger partial charge in [0.05, 0.1) is 12.7 Å². The molecule has 3 rings (SSSR count). The van der Waals surface area contributed by atoms with Crippen LogP contribution in [0.1, 0.15) is 42.6 Å². The molecule has 0 spiro atoms. The second-order valence-electron chi connectivity index (χ2n) is 5.56. The van der Waals surface area contributed by atoms with E-state index in [1.54, 1.807) is 28.9 Å². The minimum Gasteiger partial charge on any atom is -0.323 e. The summed E-state index contributed by atoms with van der Waals surface area (Å²) in [5.74, 6) is 2.53. The summed E-state index contributed by atoms with van der Waals surface area (Å²) in [6, 6.07) is 0.231. The summed E-state index contributed by atoms with van der Waals surface area (Å²) in [6.07, 6.45) is 15.9. The van der Waals surface area contributed by atoms with Crippen molar-refractivity contribution in [3.05, 3.63) is 29.7 Å². The highest BCUT2D eigenvalue weighted by Crippen LogP contribution is 2.26. The average molecular weight is 326 g/mol. The molecule has 2 aromatic heterocycles.